The molecule has 0 aromatic carbocycles. The van der Waals surface area contributed by atoms with Gasteiger partial charge in [-0.1, -0.05) is 0 Å². The number of carbonyl (C=O) groups excluding carboxylic acids is 2. The highest BCUT2D eigenvalue weighted by atomic mass is 16.5. The largest absolute Gasteiger partial charge is 0.383 e. The molecule has 8 heteroatoms. The van der Waals surface area contributed by atoms with E-state index in [0.29, 0.717) is 13.2 Å². The van der Waals surface area contributed by atoms with Gasteiger partial charge >= 0.3 is 0 Å². The molecule has 8 nitrogen and oxygen atoms in total. The first kappa shape index (κ1) is 11.4. The fourth-order valence-electron chi connectivity index (χ4n) is 1.70. The fourth-order valence-corrected chi connectivity index (χ4v) is 1.70. The minimum absolute atomic E-state index is 0.110. The Morgan fingerprint density at radius 1 is 1.59 bits per heavy atom. The molecule has 5 N–H and O–H groups in total. The van der Waals surface area contributed by atoms with Crippen LogP contribution in [0.2, 0.25) is 0 Å². The van der Waals surface area contributed by atoms with Gasteiger partial charge in [-0.05, 0) is 0 Å². The molecule has 1 saturated heterocycles. The smallest absolute Gasteiger partial charge is 0.260 e. The third kappa shape index (κ3) is 2.07. The maximum atomic E-state index is 12.1. The Hall–Kier alpha value is -2.09. The highest BCUT2D eigenvalue weighted by Gasteiger charge is 2.33. The monoisotopic (exact) mass is 239 g/mol. The highest BCUT2D eigenvalue weighted by molar-refractivity contribution is 6.00. The van der Waals surface area contributed by atoms with Crippen molar-refractivity contribution in [1.29, 1.82) is 0 Å². The molecule has 1 atom stereocenters. The van der Waals surface area contributed by atoms with Crippen molar-refractivity contribution < 1.29 is 14.3 Å². The number of hydrogen-bond acceptors (Lipinski definition) is 5. The number of amides is 2. The number of aromatic amines is 1. The summed E-state index contributed by atoms with van der Waals surface area (Å²) in [5.41, 5.74) is 11.0. The Morgan fingerprint density at radius 2 is 2.35 bits per heavy atom. The van der Waals surface area contributed by atoms with Gasteiger partial charge in [0, 0.05) is 6.54 Å². The van der Waals surface area contributed by atoms with E-state index in [4.69, 9.17) is 16.2 Å². The number of aromatic nitrogens is 2. The summed E-state index contributed by atoms with van der Waals surface area (Å²) in [5, 5.41) is 6.13. The predicted octanol–water partition coefficient (Wildman–Crippen LogP) is -1.68. The van der Waals surface area contributed by atoms with Crippen molar-refractivity contribution in [1.82, 2.24) is 15.1 Å². The van der Waals surface area contributed by atoms with Crippen LogP contribution >= 0.6 is 0 Å². The average molecular weight is 239 g/mol. The van der Waals surface area contributed by atoms with Crippen LogP contribution in [0.5, 0.6) is 0 Å². The summed E-state index contributed by atoms with van der Waals surface area (Å²) in [7, 11) is 0. The van der Waals surface area contributed by atoms with Gasteiger partial charge in [0.25, 0.3) is 5.91 Å². The maximum absolute atomic E-state index is 12.1. The zero-order chi connectivity index (χ0) is 12.4. The molecule has 0 aliphatic carbocycles. The number of hydrogen-bond donors (Lipinski definition) is 3. The number of nitrogens with two attached hydrogens (primary N) is 2. The fraction of sp³-hybridized carbons (Fsp3) is 0.444. The number of rotatable bonds is 2. The van der Waals surface area contributed by atoms with E-state index >= 15 is 0 Å². The molecule has 1 aliphatic heterocycles. The second-order valence-electron chi connectivity index (χ2n) is 3.69. The van der Waals surface area contributed by atoms with Gasteiger partial charge in [-0.25, -0.2) is 0 Å². The molecule has 2 heterocycles. The maximum Gasteiger partial charge on any atom is 0.260 e. The van der Waals surface area contributed by atoms with Gasteiger partial charge in [-0.15, -0.1) is 0 Å². The van der Waals surface area contributed by atoms with E-state index in [2.05, 4.69) is 10.2 Å². The van der Waals surface area contributed by atoms with Crippen molar-refractivity contribution in [3.63, 3.8) is 0 Å². The molecule has 1 aromatic rings. The summed E-state index contributed by atoms with van der Waals surface area (Å²) in [6.45, 7) is 0.781. The van der Waals surface area contributed by atoms with Crippen LogP contribution in [0.15, 0.2) is 6.20 Å². The summed E-state index contributed by atoms with van der Waals surface area (Å²) in [5.74, 6) is -0.798. The summed E-state index contributed by atoms with van der Waals surface area (Å²) < 4.78 is 5.12. The van der Waals surface area contributed by atoms with Gasteiger partial charge in [0.05, 0.1) is 19.4 Å². The van der Waals surface area contributed by atoms with E-state index in [9.17, 15) is 9.59 Å². The normalized spacial score (nSPS) is 20.2. The molecule has 92 valence electrons. The van der Waals surface area contributed by atoms with Gasteiger partial charge in [0.2, 0.25) is 5.91 Å². The third-order valence-electron chi connectivity index (χ3n) is 2.62. The van der Waals surface area contributed by atoms with E-state index in [1.807, 2.05) is 0 Å². The van der Waals surface area contributed by atoms with Crippen molar-refractivity contribution in [3.05, 3.63) is 11.8 Å². The molecule has 0 radical (unpaired) electrons. The van der Waals surface area contributed by atoms with Crippen LogP contribution in [0.4, 0.5) is 5.82 Å². The standard InChI is InChI=1S/C9H13N5O3/c10-7-5(3-12-13-7)9(16)14-1-2-17-4-6(14)8(11)15/h3,6H,1-2,4H2,(H2,11,15)(H3,10,12,13). The van der Waals surface area contributed by atoms with Crippen molar-refractivity contribution >= 4 is 17.6 Å². The van der Waals surface area contributed by atoms with E-state index in [-0.39, 0.29) is 23.9 Å². The van der Waals surface area contributed by atoms with Gasteiger partial charge in [0.15, 0.2) is 0 Å². The van der Waals surface area contributed by atoms with Crippen molar-refractivity contribution in [2.24, 2.45) is 5.73 Å². The van der Waals surface area contributed by atoms with Crippen LogP contribution in [0.25, 0.3) is 0 Å². The first-order valence-electron chi connectivity index (χ1n) is 5.08. The zero-order valence-corrected chi connectivity index (χ0v) is 9.05. The molecular weight excluding hydrogens is 226 g/mol. The number of nitrogen functional groups attached to an aromatic ring is 1. The number of nitrogens with zero attached hydrogens (tertiary/aromatic N) is 2. The van der Waals surface area contributed by atoms with E-state index in [1.165, 1.54) is 11.1 Å². The molecule has 2 amide bonds. The molecule has 1 aromatic heterocycles. The predicted molar refractivity (Wildman–Crippen MR) is 57.8 cm³/mol. The topological polar surface area (TPSA) is 127 Å². The second-order valence-corrected chi connectivity index (χ2v) is 3.69. The van der Waals surface area contributed by atoms with Crippen molar-refractivity contribution in [2.75, 3.05) is 25.5 Å². The molecule has 17 heavy (non-hydrogen) atoms. The van der Waals surface area contributed by atoms with E-state index < -0.39 is 11.9 Å². The lowest BCUT2D eigenvalue weighted by atomic mass is 10.1. The quantitative estimate of drug-likeness (QED) is 0.568. The lowest BCUT2D eigenvalue weighted by molar-refractivity contribution is -0.127. The van der Waals surface area contributed by atoms with Crippen molar-refractivity contribution in [2.45, 2.75) is 6.04 Å². The Bertz CT molecular complexity index is 444. The first-order valence-corrected chi connectivity index (χ1v) is 5.08. The number of ether oxygens (including phenoxy) is 1. The number of carbonyl (C=O) groups is 2. The first-order chi connectivity index (χ1) is 8.11. The van der Waals surface area contributed by atoms with Crippen LogP contribution in [-0.2, 0) is 9.53 Å². The second kappa shape index (κ2) is 4.42. The molecule has 1 fully saturated rings. The number of morpholine rings is 1. The molecular formula is C9H13N5O3. The van der Waals surface area contributed by atoms with Crippen LogP contribution in [0, 0.1) is 0 Å². The summed E-state index contributed by atoms with van der Waals surface area (Å²) >= 11 is 0. The lowest BCUT2D eigenvalue weighted by Crippen LogP contribution is -2.54. The molecule has 0 saturated carbocycles. The van der Waals surface area contributed by atoms with E-state index in [0.717, 1.165) is 0 Å². The highest BCUT2D eigenvalue weighted by Crippen LogP contribution is 2.15. The molecule has 0 spiro atoms. The summed E-state index contributed by atoms with van der Waals surface area (Å²) in [6.07, 6.45) is 1.32. The molecule has 1 aliphatic rings. The van der Waals surface area contributed by atoms with Gasteiger partial charge in [-0.3, -0.25) is 14.7 Å². The Balaban J connectivity index is 2.23. The van der Waals surface area contributed by atoms with E-state index in [1.54, 1.807) is 0 Å². The lowest BCUT2D eigenvalue weighted by Gasteiger charge is -2.33. The molecule has 0 bridgehead atoms. The van der Waals surface area contributed by atoms with Crippen LogP contribution < -0.4 is 11.5 Å². The zero-order valence-electron chi connectivity index (χ0n) is 9.05. The summed E-state index contributed by atoms with van der Waals surface area (Å²) in [6, 6.07) is -0.759. The van der Waals surface area contributed by atoms with Gasteiger partial charge < -0.3 is 21.1 Å². The Morgan fingerprint density at radius 3 is 2.94 bits per heavy atom. The van der Waals surface area contributed by atoms with Crippen LogP contribution in [0.1, 0.15) is 10.4 Å². The number of H-pyrrole nitrogens is 1. The van der Waals surface area contributed by atoms with Crippen LogP contribution in [0.3, 0.4) is 0 Å². The minimum Gasteiger partial charge on any atom is -0.383 e. The number of anilines is 1. The Kier molecular flexibility index (Phi) is 2.96. The van der Waals surface area contributed by atoms with Crippen LogP contribution in [-0.4, -0.2) is 52.7 Å². The van der Waals surface area contributed by atoms with Crippen molar-refractivity contribution in [3.8, 4) is 0 Å². The molecule has 1 unspecified atom stereocenters. The number of nitrogens with one attached hydrogen (secondary N) is 1. The van der Waals surface area contributed by atoms with Gasteiger partial charge in [-0.2, -0.15) is 5.10 Å². The average Bonchev–Trinajstić information content (AvgIpc) is 2.74. The number of primary amides is 1. The minimum atomic E-state index is -0.759. The summed E-state index contributed by atoms with van der Waals surface area (Å²) in [4.78, 5) is 24.7. The van der Waals surface area contributed by atoms with Gasteiger partial charge in [0.1, 0.15) is 17.4 Å². The third-order valence-corrected chi connectivity index (χ3v) is 2.62. The molecule has 2 rings (SSSR count). The Labute approximate surface area is 96.9 Å². The SMILES string of the molecule is NC(=O)C1COCCN1C(=O)c1cn[nH]c1N.